The summed E-state index contributed by atoms with van der Waals surface area (Å²) in [5, 5.41) is 5.20. The van der Waals surface area contributed by atoms with E-state index < -0.39 is 0 Å². The molecule has 0 bridgehead atoms. The Hall–Kier alpha value is -2.00. The van der Waals surface area contributed by atoms with Crippen LogP contribution in [0.2, 0.25) is 0 Å². The van der Waals surface area contributed by atoms with Gasteiger partial charge in [-0.15, -0.1) is 54.4 Å². The first kappa shape index (κ1) is 26.3. The van der Waals surface area contributed by atoms with Crippen LogP contribution in [-0.4, -0.2) is 4.57 Å². The Bertz CT molecular complexity index is 1300. The van der Waals surface area contributed by atoms with Crippen molar-refractivity contribution in [2.24, 2.45) is 0 Å². The molecule has 0 spiro atoms. The minimum Gasteiger partial charge on any atom is -1.00 e. The van der Waals surface area contributed by atoms with Crippen LogP contribution in [0.25, 0.3) is 38.3 Å². The second kappa shape index (κ2) is 11.2. The molecule has 6 rings (SSSR count). The molecule has 0 aliphatic heterocycles. The summed E-state index contributed by atoms with van der Waals surface area (Å²) in [6.45, 7) is 4.22. The van der Waals surface area contributed by atoms with Crippen LogP contribution in [-0.2, 0) is 25.8 Å². The van der Waals surface area contributed by atoms with E-state index in [1.165, 1.54) is 49.4 Å². The number of halogens is 2. The van der Waals surface area contributed by atoms with E-state index in [4.69, 9.17) is 0 Å². The van der Waals surface area contributed by atoms with Crippen LogP contribution in [0, 0.1) is 6.08 Å². The Morgan fingerprint density at radius 1 is 0.781 bits per heavy atom. The van der Waals surface area contributed by atoms with Crippen LogP contribution < -0.4 is 24.8 Å². The number of allylic oxidation sites excluding steroid dienone is 4. The van der Waals surface area contributed by atoms with E-state index in [1.54, 1.807) is 0 Å². The molecule has 1 aliphatic rings. The standard InChI is InChI=1S/C21H14N.C7H9.2ClH.Hf/c1-2-8-16-14-17(13-15(16)7-1)22-20-11-5-3-9-18(20)19-10-4-6-12-21(19)22;1-6-4-3-5-7(6)2;;;/h1-14H;4H,3H2,1-2H3;2*1H;/q2*-1;;;+4/p-2. The molecule has 1 aromatic heterocycles. The van der Waals surface area contributed by atoms with Gasteiger partial charge in [-0.25, -0.2) is 11.1 Å². The minimum absolute atomic E-state index is 0. The van der Waals surface area contributed by atoms with E-state index in [-0.39, 0.29) is 50.7 Å². The Balaban J connectivity index is 0.000000317. The molecule has 4 aromatic carbocycles. The summed E-state index contributed by atoms with van der Waals surface area (Å²) in [5.41, 5.74) is 6.47. The van der Waals surface area contributed by atoms with Crippen molar-refractivity contribution in [2.75, 3.05) is 0 Å². The topological polar surface area (TPSA) is 4.93 Å². The van der Waals surface area contributed by atoms with Gasteiger partial charge in [-0.05, 0) is 17.8 Å². The van der Waals surface area contributed by atoms with Crippen molar-refractivity contribution < 1.29 is 50.7 Å². The summed E-state index contributed by atoms with van der Waals surface area (Å²) >= 11 is 0. The molecule has 32 heavy (non-hydrogen) atoms. The van der Waals surface area contributed by atoms with Gasteiger partial charge in [-0.2, -0.15) is 6.08 Å². The molecule has 0 saturated carbocycles. The normalized spacial score (nSPS) is 12.2. The molecule has 0 fully saturated rings. The summed E-state index contributed by atoms with van der Waals surface area (Å²) in [7, 11) is 0. The van der Waals surface area contributed by atoms with Gasteiger partial charge in [0.05, 0.1) is 11.0 Å². The number of benzene rings is 3. The summed E-state index contributed by atoms with van der Waals surface area (Å²) in [4.78, 5) is 0. The van der Waals surface area contributed by atoms with E-state index in [9.17, 15) is 0 Å². The maximum Gasteiger partial charge on any atom is 4.00 e. The van der Waals surface area contributed by atoms with E-state index in [2.05, 4.69) is 115 Å². The Morgan fingerprint density at radius 2 is 1.34 bits per heavy atom. The van der Waals surface area contributed by atoms with Crippen LogP contribution in [0.4, 0.5) is 0 Å². The smallest absolute Gasteiger partial charge is 1.00 e. The number of hydrogen-bond acceptors (Lipinski definition) is 0. The molecule has 0 unspecified atom stereocenters. The fourth-order valence-electron chi connectivity index (χ4n) is 4.11. The average molecular weight is 623 g/mol. The van der Waals surface area contributed by atoms with Gasteiger partial charge in [0.1, 0.15) is 0 Å². The van der Waals surface area contributed by atoms with Crippen molar-refractivity contribution in [3.05, 3.63) is 108 Å². The number of fused-ring (bicyclic) bond motifs is 4. The van der Waals surface area contributed by atoms with Crippen molar-refractivity contribution in [1.29, 1.82) is 0 Å². The molecule has 5 aromatic rings. The third-order valence-electron chi connectivity index (χ3n) is 5.81. The van der Waals surface area contributed by atoms with Gasteiger partial charge in [0.25, 0.3) is 0 Å². The molecule has 4 heteroatoms. The van der Waals surface area contributed by atoms with Crippen molar-refractivity contribution >= 4 is 32.6 Å². The van der Waals surface area contributed by atoms with Crippen molar-refractivity contribution in [1.82, 2.24) is 4.57 Å². The van der Waals surface area contributed by atoms with Gasteiger partial charge < -0.3 is 29.4 Å². The molecule has 158 valence electrons. The maximum absolute atomic E-state index is 3.19. The van der Waals surface area contributed by atoms with Gasteiger partial charge in [0.2, 0.25) is 0 Å². The zero-order chi connectivity index (χ0) is 19.8. The second-order valence-electron chi connectivity index (χ2n) is 7.61. The monoisotopic (exact) mass is 623 g/mol. The molecule has 0 radical (unpaired) electrons. The van der Waals surface area contributed by atoms with Gasteiger partial charge in [-0.1, -0.05) is 49.4 Å². The second-order valence-corrected chi connectivity index (χ2v) is 7.61. The van der Waals surface area contributed by atoms with Crippen molar-refractivity contribution in [2.45, 2.75) is 20.3 Å². The molecule has 0 amide bonds. The maximum atomic E-state index is 3.19. The van der Waals surface area contributed by atoms with E-state index >= 15 is 0 Å². The number of aromatic nitrogens is 1. The number of para-hydroxylation sites is 2. The first-order chi connectivity index (χ1) is 14.2. The summed E-state index contributed by atoms with van der Waals surface area (Å²) in [5.74, 6) is 0. The number of rotatable bonds is 1. The number of hydrogen-bond donors (Lipinski definition) is 0. The van der Waals surface area contributed by atoms with Crippen LogP contribution >= 0.6 is 0 Å². The number of nitrogens with zero attached hydrogens (tertiary/aromatic N) is 1. The van der Waals surface area contributed by atoms with Crippen molar-refractivity contribution in [3.63, 3.8) is 0 Å². The third kappa shape index (κ3) is 4.83. The predicted octanol–water partition coefficient (Wildman–Crippen LogP) is 1.75. The van der Waals surface area contributed by atoms with Crippen LogP contribution in [0.5, 0.6) is 0 Å². The zero-order valence-electron chi connectivity index (χ0n) is 18.1. The SMILES string of the molecule is CC1=[C-]CC=C1C.[Cl-].[Cl-].[Hf+4].c1ccc2[cH-]c(-n3c4ccccc4c4ccccc43)cc2c1. The molecular weight excluding hydrogens is 600 g/mol. The summed E-state index contributed by atoms with van der Waals surface area (Å²) in [6, 6.07) is 30.3. The van der Waals surface area contributed by atoms with Gasteiger partial charge >= 0.3 is 25.8 Å². The Kier molecular flexibility index (Phi) is 9.21. The van der Waals surface area contributed by atoms with Gasteiger partial charge in [-0.3, -0.25) is 6.08 Å². The summed E-state index contributed by atoms with van der Waals surface area (Å²) in [6.07, 6.45) is 6.41. The van der Waals surface area contributed by atoms with Crippen molar-refractivity contribution in [3.8, 4) is 5.69 Å². The molecule has 0 N–H and O–H groups in total. The first-order valence-corrected chi connectivity index (χ1v) is 10.1. The fourth-order valence-corrected chi connectivity index (χ4v) is 4.11. The van der Waals surface area contributed by atoms with Gasteiger partial charge in [0.15, 0.2) is 0 Å². The van der Waals surface area contributed by atoms with Crippen LogP contribution in [0.3, 0.4) is 0 Å². The first-order valence-electron chi connectivity index (χ1n) is 10.1. The minimum atomic E-state index is 0. The molecule has 0 saturated heterocycles. The van der Waals surface area contributed by atoms with E-state index in [0.717, 1.165) is 6.42 Å². The molecule has 0 atom stereocenters. The zero-order valence-corrected chi connectivity index (χ0v) is 23.2. The van der Waals surface area contributed by atoms with Gasteiger partial charge in [0, 0.05) is 10.8 Å². The van der Waals surface area contributed by atoms with Crippen LogP contribution in [0.1, 0.15) is 20.3 Å². The quantitative estimate of drug-likeness (QED) is 0.199. The van der Waals surface area contributed by atoms with E-state index in [1.807, 2.05) is 0 Å². The van der Waals surface area contributed by atoms with Crippen LogP contribution in [0.15, 0.2) is 102 Å². The Labute approximate surface area is 220 Å². The average Bonchev–Trinajstić information content (AvgIpc) is 3.43. The largest absolute Gasteiger partial charge is 4.00 e. The molecule has 1 aliphatic carbocycles. The molecule has 1 nitrogen and oxygen atoms in total. The summed E-state index contributed by atoms with van der Waals surface area (Å²) < 4.78 is 2.37. The Morgan fingerprint density at radius 3 is 1.84 bits per heavy atom. The van der Waals surface area contributed by atoms with E-state index in [0.29, 0.717) is 0 Å². The third-order valence-corrected chi connectivity index (χ3v) is 5.81. The molecular formula is C28H23Cl2HfN. The predicted molar refractivity (Wildman–Crippen MR) is 125 cm³/mol. The fraction of sp³-hybridized carbons (Fsp3) is 0.107. The molecule has 1 heterocycles.